The number of benzene rings is 1. The highest BCUT2D eigenvalue weighted by molar-refractivity contribution is 6.62. The Morgan fingerprint density at radius 2 is 1.92 bits per heavy atom. The summed E-state index contributed by atoms with van der Waals surface area (Å²) in [6.07, 6.45) is -0.406. The highest BCUT2D eigenvalue weighted by atomic mass is 16.7. The zero-order valence-electron chi connectivity index (χ0n) is 15.5. The van der Waals surface area contributed by atoms with Gasteiger partial charge >= 0.3 is 13.2 Å². The maximum Gasteiger partial charge on any atom is 0.494 e. The summed E-state index contributed by atoms with van der Waals surface area (Å²) in [6, 6.07) is 6.15. The third-order valence-electron chi connectivity index (χ3n) is 5.50. The van der Waals surface area contributed by atoms with Gasteiger partial charge in [0.05, 0.1) is 24.4 Å². The Balaban J connectivity index is 1.87. The second-order valence-corrected chi connectivity index (χ2v) is 7.82. The molecule has 1 fully saturated rings. The molecule has 1 amide bonds. The molecule has 3 rings (SSSR count). The minimum Gasteiger partial charge on any atom is -0.465 e. The first-order valence-corrected chi connectivity index (χ1v) is 8.65. The van der Waals surface area contributed by atoms with Crippen LogP contribution in [0.25, 0.3) is 0 Å². The SMILES string of the molecule is CN(CC1OCCc2ccc(B3OC(C)(C)C(C)(C)O3)cc21)C(=O)O. The largest absolute Gasteiger partial charge is 0.494 e. The summed E-state index contributed by atoms with van der Waals surface area (Å²) in [5, 5.41) is 9.13. The van der Waals surface area contributed by atoms with Crippen LogP contribution in [0.3, 0.4) is 0 Å². The van der Waals surface area contributed by atoms with Crippen molar-refractivity contribution in [3.05, 3.63) is 29.3 Å². The molecule has 1 atom stereocenters. The summed E-state index contributed by atoms with van der Waals surface area (Å²) in [5.74, 6) is 0. The Kier molecular flexibility index (Phi) is 4.60. The number of likely N-dealkylation sites (N-methyl/N-ethyl adjacent to an activating group) is 1. The van der Waals surface area contributed by atoms with E-state index in [1.807, 2.05) is 39.8 Å². The highest BCUT2D eigenvalue weighted by Gasteiger charge is 2.51. The number of nitrogens with zero attached hydrogens (tertiary/aromatic N) is 1. The lowest BCUT2D eigenvalue weighted by Crippen LogP contribution is -2.41. The van der Waals surface area contributed by atoms with Gasteiger partial charge in [-0.2, -0.15) is 0 Å². The van der Waals surface area contributed by atoms with Crippen molar-refractivity contribution < 1.29 is 23.9 Å². The van der Waals surface area contributed by atoms with E-state index in [1.54, 1.807) is 7.05 Å². The van der Waals surface area contributed by atoms with Crippen molar-refractivity contribution in [3.63, 3.8) is 0 Å². The average molecular weight is 347 g/mol. The first kappa shape index (κ1) is 18.2. The molecule has 1 saturated heterocycles. The van der Waals surface area contributed by atoms with Crippen LogP contribution in [-0.4, -0.2) is 54.6 Å². The van der Waals surface area contributed by atoms with Gasteiger partial charge in [0, 0.05) is 7.05 Å². The van der Waals surface area contributed by atoms with Gasteiger partial charge in [-0.05, 0) is 50.7 Å². The van der Waals surface area contributed by atoms with Crippen molar-refractivity contribution in [2.45, 2.75) is 51.4 Å². The lowest BCUT2D eigenvalue weighted by atomic mass is 9.76. The molecule has 1 aromatic rings. The van der Waals surface area contributed by atoms with Crippen LogP contribution in [0.15, 0.2) is 18.2 Å². The second kappa shape index (κ2) is 6.30. The zero-order chi connectivity index (χ0) is 18.4. The van der Waals surface area contributed by atoms with Crippen molar-refractivity contribution in [3.8, 4) is 0 Å². The van der Waals surface area contributed by atoms with Crippen LogP contribution >= 0.6 is 0 Å². The molecule has 1 unspecified atom stereocenters. The number of amides is 1. The van der Waals surface area contributed by atoms with E-state index in [-0.39, 0.29) is 6.10 Å². The molecule has 136 valence electrons. The van der Waals surface area contributed by atoms with Gasteiger partial charge in [-0.3, -0.25) is 0 Å². The maximum absolute atomic E-state index is 11.1. The van der Waals surface area contributed by atoms with E-state index in [0.717, 1.165) is 17.4 Å². The first-order valence-electron chi connectivity index (χ1n) is 8.65. The Morgan fingerprint density at radius 1 is 1.28 bits per heavy atom. The van der Waals surface area contributed by atoms with Crippen molar-refractivity contribution in [1.29, 1.82) is 0 Å². The molecule has 2 aliphatic heterocycles. The minimum atomic E-state index is -0.960. The van der Waals surface area contributed by atoms with Gasteiger partial charge in [0.2, 0.25) is 0 Å². The predicted octanol–water partition coefficient (Wildman–Crippen LogP) is 2.21. The van der Waals surface area contributed by atoms with E-state index >= 15 is 0 Å². The summed E-state index contributed by atoms with van der Waals surface area (Å²) in [6.45, 7) is 9.01. The van der Waals surface area contributed by atoms with Crippen LogP contribution in [-0.2, 0) is 20.5 Å². The molecule has 0 spiro atoms. The van der Waals surface area contributed by atoms with E-state index in [4.69, 9.17) is 19.2 Å². The van der Waals surface area contributed by atoms with E-state index < -0.39 is 24.4 Å². The van der Waals surface area contributed by atoms with Crippen molar-refractivity contribution >= 4 is 18.7 Å². The summed E-state index contributed by atoms with van der Waals surface area (Å²) >= 11 is 0. The molecule has 1 N–H and O–H groups in total. The molecule has 7 heteroatoms. The number of carboxylic acid groups (broad SMARTS) is 1. The molecule has 0 aliphatic carbocycles. The quantitative estimate of drug-likeness (QED) is 0.849. The Labute approximate surface area is 149 Å². The lowest BCUT2D eigenvalue weighted by molar-refractivity contribution is 0.00578. The van der Waals surface area contributed by atoms with E-state index in [2.05, 4.69) is 6.07 Å². The zero-order valence-corrected chi connectivity index (χ0v) is 15.5. The number of ether oxygens (including phenoxy) is 1. The molecular weight excluding hydrogens is 321 g/mol. The van der Waals surface area contributed by atoms with Crippen molar-refractivity contribution in [2.75, 3.05) is 20.2 Å². The van der Waals surface area contributed by atoms with Crippen molar-refractivity contribution in [1.82, 2.24) is 4.90 Å². The summed E-state index contributed by atoms with van der Waals surface area (Å²) in [7, 11) is 1.12. The monoisotopic (exact) mass is 347 g/mol. The van der Waals surface area contributed by atoms with Crippen LogP contribution in [0.4, 0.5) is 4.79 Å². The minimum absolute atomic E-state index is 0.271. The van der Waals surface area contributed by atoms with Gasteiger partial charge in [0.1, 0.15) is 6.10 Å². The van der Waals surface area contributed by atoms with Gasteiger partial charge in [0.25, 0.3) is 0 Å². The molecular formula is C18H26BNO5. The molecule has 0 radical (unpaired) electrons. The Morgan fingerprint density at radius 3 is 2.52 bits per heavy atom. The van der Waals surface area contributed by atoms with Crippen LogP contribution in [0.1, 0.15) is 44.9 Å². The van der Waals surface area contributed by atoms with Gasteiger partial charge in [-0.15, -0.1) is 0 Å². The topological polar surface area (TPSA) is 68.2 Å². The summed E-state index contributed by atoms with van der Waals surface area (Å²) in [5.41, 5.74) is 2.35. The first-order chi connectivity index (χ1) is 11.6. The number of hydrogen-bond acceptors (Lipinski definition) is 4. The molecule has 25 heavy (non-hydrogen) atoms. The fourth-order valence-electron chi connectivity index (χ4n) is 3.15. The molecule has 6 nitrogen and oxygen atoms in total. The van der Waals surface area contributed by atoms with E-state index in [0.29, 0.717) is 13.2 Å². The number of fused-ring (bicyclic) bond motifs is 1. The van der Waals surface area contributed by atoms with Gasteiger partial charge in [-0.1, -0.05) is 18.2 Å². The van der Waals surface area contributed by atoms with Crippen LogP contribution in [0.5, 0.6) is 0 Å². The molecule has 0 aromatic heterocycles. The van der Waals surface area contributed by atoms with E-state index in [1.165, 1.54) is 10.5 Å². The van der Waals surface area contributed by atoms with Crippen LogP contribution in [0, 0.1) is 0 Å². The fourth-order valence-corrected chi connectivity index (χ4v) is 3.15. The van der Waals surface area contributed by atoms with Gasteiger partial charge < -0.3 is 24.1 Å². The Hall–Kier alpha value is -1.57. The third kappa shape index (κ3) is 3.41. The lowest BCUT2D eigenvalue weighted by Gasteiger charge is -2.32. The summed E-state index contributed by atoms with van der Waals surface area (Å²) < 4.78 is 18.1. The molecule has 0 bridgehead atoms. The smallest absolute Gasteiger partial charge is 0.465 e. The number of carbonyl (C=O) groups is 1. The third-order valence-corrected chi connectivity index (χ3v) is 5.50. The molecule has 2 heterocycles. The van der Waals surface area contributed by atoms with Gasteiger partial charge in [0.15, 0.2) is 0 Å². The maximum atomic E-state index is 11.1. The standard InChI is InChI=1S/C18H26BNO5/c1-17(2)18(3,4)25-19(24-17)13-7-6-12-8-9-23-15(14(12)10-13)11-20(5)16(21)22/h6-7,10,15H,8-9,11H2,1-5H3,(H,21,22). The van der Waals surface area contributed by atoms with Gasteiger partial charge in [-0.25, -0.2) is 4.79 Å². The molecule has 2 aliphatic rings. The normalized spacial score (nSPS) is 24.0. The molecule has 1 aromatic carbocycles. The van der Waals surface area contributed by atoms with Crippen LogP contribution in [0.2, 0.25) is 0 Å². The fraction of sp³-hybridized carbons (Fsp3) is 0.611. The number of hydrogen-bond donors (Lipinski definition) is 1. The van der Waals surface area contributed by atoms with Crippen molar-refractivity contribution in [2.24, 2.45) is 0 Å². The average Bonchev–Trinajstić information content (AvgIpc) is 2.75. The summed E-state index contributed by atoms with van der Waals surface area (Å²) in [4.78, 5) is 12.4. The Bertz CT molecular complexity index is 659. The predicted molar refractivity (Wildman–Crippen MR) is 95.2 cm³/mol. The van der Waals surface area contributed by atoms with Crippen LogP contribution < -0.4 is 5.46 Å². The molecule has 0 saturated carbocycles. The highest BCUT2D eigenvalue weighted by Crippen LogP contribution is 2.37. The number of rotatable bonds is 3. The second-order valence-electron chi connectivity index (χ2n) is 7.82. The van der Waals surface area contributed by atoms with E-state index in [9.17, 15) is 4.79 Å².